The fourth-order valence-electron chi connectivity index (χ4n) is 3.03. The predicted molar refractivity (Wildman–Crippen MR) is 104 cm³/mol. The maximum absolute atomic E-state index is 11.9. The third-order valence-corrected chi connectivity index (χ3v) is 5.36. The predicted octanol–water partition coefficient (Wildman–Crippen LogP) is 2.10. The number of aryl methyl sites for hydroxylation is 1. The molecule has 0 bridgehead atoms. The zero-order valence-corrected chi connectivity index (χ0v) is 20.6. The molecule has 0 aromatic heterocycles. The van der Waals surface area contributed by atoms with E-state index < -0.39 is 20.8 Å². The molecule has 0 heterocycles. The van der Waals surface area contributed by atoms with Gasteiger partial charge in [0.15, 0.2) is 0 Å². The summed E-state index contributed by atoms with van der Waals surface area (Å²) in [5, 5.41) is 11.9. The maximum atomic E-state index is 11.9. The van der Waals surface area contributed by atoms with Crippen LogP contribution in [0, 0.1) is 0 Å². The second kappa shape index (κ2) is 13.0. The molecule has 0 amide bonds. The Hall–Kier alpha value is -0.414. The summed E-state index contributed by atoms with van der Waals surface area (Å²) in [6.07, 6.45) is 9.20. The van der Waals surface area contributed by atoms with Gasteiger partial charge in [-0.15, -0.1) is 0 Å². The second-order valence-corrected chi connectivity index (χ2v) is 8.00. The van der Waals surface area contributed by atoms with Crippen LogP contribution in [0.2, 0.25) is 0 Å². The molecule has 0 radical (unpaired) electrons. The van der Waals surface area contributed by atoms with Crippen LogP contribution in [0.15, 0.2) is 47.4 Å². The van der Waals surface area contributed by atoms with Crippen molar-refractivity contribution in [2.45, 2.75) is 63.2 Å². The van der Waals surface area contributed by atoms with Crippen LogP contribution < -0.4 is 61.2 Å². The molecule has 0 saturated carbocycles. The van der Waals surface area contributed by atoms with Gasteiger partial charge in [-0.05, 0) is 30.5 Å². The number of hydrogen-bond acceptors (Lipinski definition) is 4. The van der Waals surface area contributed by atoms with Gasteiger partial charge >= 0.3 is 51.4 Å². The van der Waals surface area contributed by atoms with E-state index in [1.807, 2.05) is 12.1 Å². The first-order valence-corrected chi connectivity index (χ1v) is 10.9. The van der Waals surface area contributed by atoms with Crippen molar-refractivity contribution in [2.24, 2.45) is 0 Å². The molecule has 0 aliphatic rings. The van der Waals surface area contributed by atoms with E-state index >= 15 is 0 Å². The fourth-order valence-corrected chi connectivity index (χ4v) is 3.72. The number of para-hydroxylation sites is 1. The van der Waals surface area contributed by atoms with Gasteiger partial charge in [0.05, 0.1) is 0 Å². The molecule has 1 N–H and O–H groups in total. The van der Waals surface area contributed by atoms with Gasteiger partial charge in [0.25, 0.3) is 10.1 Å². The van der Waals surface area contributed by atoms with E-state index in [1.165, 1.54) is 44.2 Å². The van der Waals surface area contributed by atoms with Gasteiger partial charge in [-0.1, -0.05) is 81.5 Å². The Labute approximate surface area is 210 Å². The summed E-state index contributed by atoms with van der Waals surface area (Å²) in [7, 11) is -4.67. The molecule has 5 nitrogen and oxygen atoms in total. The van der Waals surface area contributed by atoms with Crippen LogP contribution in [0.1, 0.15) is 57.4 Å². The third kappa shape index (κ3) is 8.14. The molecule has 2 rings (SSSR count). The van der Waals surface area contributed by atoms with Crippen molar-refractivity contribution in [3.8, 4) is 17.2 Å². The molecule has 148 valence electrons. The summed E-state index contributed by atoms with van der Waals surface area (Å²) >= 11 is 0. The molecule has 7 heteroatoms. The Bertz CT molecular complexity index is 836. The summed E-state index contributed by atoms with van der Waals surface area (Å²) in [5.74, 6) is -0.449. The van der Waals surface area contributed by atoms with Crippen molar-refractivity contribution in [3.63, 3.8) is 0 Å². The molecule has 0 atom stereocenters. The number of ether oxygens (including phenoxy) is 1. The Morgan fingerprint density at radius 1 is 0.893 bits per heavy atom. The molecular weight excluding hydrogens is 403 g/mol. The topological polar surface area (TPSA) is 86.7 Å². The van der Waals surface area contributed by atoms with Gasteiger partial charge < -0.3 is 9.84 Å². The average molecular weight is 431 g/mol. The van der Waals surface area contributed by atoms with E-state index in [-0.39, 0.29) is 57.1 Å². The normalized spacial score (nSPS) is 11.1. The molecule has 0 unspecified atom stereocenters. The van der Waals surface area contributed by atoms with E-state index in [4.69, 9.17) is 4.74 Å². The minimum absolute atomic E-state index is 0. The van der Waals surface area contributed by atoms with Crippen molar-refractivity contribution >= 4 is 10.1 Å². The molecule has 0 aliphatic carbocycles. The van der Waals surface area contributed by atoms with Crippen LogP contribution in [0.4, 0.5) is 0 Å². The standard InChI is InChI=1S/C21H28O5S.K/c1-2-3-4-5-6-7-8-12-17-13-9-10-15-19(17)26-20-16-11-14-18(22)21(20)27(23,24)25;/h9-11,13-16,22H,2-8,12H2,1H3,(H,23,24,25);/q;+1/p-1. The third-order valence-electron chi connectivity index (χ3n) is 4.44. The van der Waals surface area contributed by atoms with E-state index in [0.29, 0.717) is 5.75 Å². The molecule has 0 aliphatic heterocycles. The first-order valence-electron chi connectivity index (χ1n) is 9.46. The van der Waals surface area contributed by atoms with Crippen molar-refractivity contribution in [1.82, 2.24) is 0 Å². The van der Waals surface area contributed by atoms with Crippen LogP contribution in [-0.2, 0) is 16.5 Å². The number of rotatable bonds is 11. The summed E-state index contributed by atoms with van der Waals surface area (Å²) in [6.45, 7) is 2.20. The maximum Gasteiger partial charge on any atom is 1.00 e. The SMILES string of the molecule is CCCCCCCCCc1ccccc1Oc1cccc([O-])c1S(=O)(=O)O.[K+]. The monoisotopic (exact) mass is 430 g/mol. The quantitative estimate of drug-likeness (QED) is 0.335. The summed E-state index contributed by atoms with van der Waals surface area (Å²) in [5.41, 5.74) is 0.948. The first-order chi connectivity index (χ1) is 12.9. The molecule has 0 saturated heterocycles. The Morgan fingerprint density at radius 2 is 1.50 bits per heavy atom. The number of hydrogen-bond donors (Lipinski definition) is 1. The van der Waals surface area contributed by atoms with Crippen molar-refractivity contribution in [2.75, 3.05) is 0 Å². The number of unbranched alkanes of at least 4 members (excludes halogenated alkanes) is 6. The fraction of sp³-hybridized carbons (Fsp3) is 0.429. The zero-order valence-electron chi connectivity index (χ0n) is 16.7. The van der Waals surface area contributed by atoms with Gasteiger partial charge in [-0.3, -0.25) is 4.55 Å². The minimum Gasteiger partial charge on any atom is -0.871 e. The number of benzene rings is 2. The van der Waals surface area contributed by atoms with Gasteiger partial charge in [0.1, 0.15) is 16.4 Å². The summed E-state index contributed by atoms with van der Waals surface area (Å²) in [4.78, 5) is -0.726. The summed E-state index contributed by atoms with van der Waals surface area (Å²) in [6, 6.07) is 11.2. The molecule has 2 aromatic rings. The Balaban J connectivity index is 0.00000392. The van der Waals surface area contributed by atoms with E-state index in [1.54, 1.807) is 12.1 Å². The van der Waals surface area contributed by atoms with Crippen LogP contribution in [0.25, 0.3) is 0 Å². The largest absolute Gasteiger partial charge is 1.00 e. The van der Waals surface area contributed by atoms with Gasteiger partial charge in [0, 0.05) is 0 Å². The van der Waals surface area contributed by atoms with Crippen LogP contribution in [-0.4, -0.2) is 13.0 Å². The molecule has 0 fully saturated rings. The molecular formula is C21H27KO5S. The van der Waals surface area contributed by atoms with Crippen molar-refractivity contribution < 1.29 is 74.2 Å². The van der Waals surface area contributed by atoms with Gasteiger partial charge in [0.2, 0.25) is 0 Å². The minimum atomic E-state index is -4.67. The van der Waals surface area contributed by atoms with Crippen LogP contribution >= 0.6 is 0 Å². The van der Waals surface area contributed by atoms with Gasteiger partial charge in [-0.25, -0.2) is 0 Å². The average Bonchev–Trinajstić information content (AvgIpc) is 2.61. The van der Waals surface area contributed by atoms with E-state index in [9.17, 15) is 18.1 Å². The molecule has 0 spiro atoms. The van der Waals surface area contributed by atoms with Crippen molar-refractivity contribution in [3.05, 3.63) is 48.0 Å². The zero-order chi connectivity index (χ0) is 19.7. The first kappa shape index (κ1) is 25.6. The van der Waals surface area contributed by atoms with Gasteiger partial charge in [-0.2, -0.15) is 8.42 Å². The van der Waals surface area contributed by atoms with Crippen LogP contribution in [0.5, 0.6) is 17.2 Å². The summed E-state index contributed by atoms with van der Waals surface area (Å²) < 4.78 is 38.2. The van der Waals surface area contributed by atoms with E-state index in [2.05, 4.69) is 6.92 Å². The smallest absolute Gasteiger partial charge is 0.871 e. The Kier molecular flexibility index (Phi) is 11.9. The van der Waals surface area contributed by atoms with E-state index in [0.717, 1.165) is 30.9 Å². The Morgan fingerprint density at radius 3 is 2.18 bits per heavy atom. The van der Waals surface area contributed by atoms with Crippen LogP contribution in [0.3, 0.4) is 0 Å². The van der Waals surface area contributed by atoms with Crippen molar-refractivity contribution in [1.29, 1.82) is 0 Å². The molecule has 28 heavy (non-hydrogen) atoms. The second-order valence-electron chi connectivity index (χ2n) is 6.64. The molecule has 2 aromatic carbocycles.